The Morgan fingerprint density at radius 1 is 0.970 bits per heavy atom. The van der Waals surface area contributed by atoms with Gasteiger partial charge in [0.25, 0.3) is 5.91 Å². The van der Waals surface area contributed by atoms with Crippen LogP contribution < -0.4 is 4.90 Å². The molecule has 7 nitrogen and oxygen atoms in total. The molecule has 0 aliphatic carbocycles. The molecule has 8 heteroatoms. The van der Waals surface area contributed by atoms with Gasteiger partial charge >= 0.3 is 0 Å². The minimum Gasteiger partial charge on any atom is -0.455 e. The van der Waals surface area contributed by atoms with Crippen molar-refractivity contribution in [2.75, 3.05) is 51.2 Å². The van der Waals surface area contributed by atoms with E-state index in [9.17, 15) is 4.79 Å². The summed E-state index contributed by atoms with van der Waals surface area (Å²) < 4.78 is 5.87. The first-order valence-corrected chi connectivity index (χ1v) is 12.5. The number of carbonyl (C=O) groups excluding carboxylic acids is 1. The lowest BCUT2D eigenvalue weighted by Gasteiger charge is -2.33. The van der Waals surface area contributed by atoms with E-state index in [4.69, 9.17) is 14.4 Å². The van der Waals surface area contributed by atoms with Crippen LogP contribution in [0.25, 0.3) is 11.3 Å². The number of aromatic nitrogens is 2. The molecular weight excluding hydrogens is 434 g/mol. The smallest absolute Gasteiger partial charge is 0.289 e. The van der Waals surface area contributed by atoms with Crippen molar-refractivity contribution in [2.24, 2.45) is 0 Å². The number of amides is 1. The van der Waals surface area contributed by atoms with Crippen molar-refractivity contribution in [3.63, 3.8) is 0 Å². The van der Waals surface area contributed by atoms with Gasteiger partial charge in [-0.15, -0.1) is 0 Å². The van der Waals surface area contributed by atoms with E-state index >= 15 is 0 Å². The summed E-state index contributed by atoms with van der Waals surface area (Å²) in [6.07, 6.45) is 2.14. The van der Waals surface area contributed by atoms with Crippen LogP contribution in [0.2, 0.25) is 0 Å². The third-order valence-corrected chi connectivity index (χ3v) is 7.07. The maximum atomic E-state index is 12.6. The number of likely N-dealkylation sites (tertiary alicyclic amines) is 1. The van der Waals surface area contributed by atoms with Crippen molar-refractivity contribution in [3.05, 3.63) is 60.1 Å². The predicted octanol–water partition coefficient (Wildman–Crippen LogP) is 4.02. The van der Waals surface area contributed by atoms with Crippen LogP contribution in [0.5, 0.6) is 0 Å². The number of furan rings is 1. The highest BCUT2D eigenvalue weighted by Crippen LogP contribution is 2.28. The first kappa shape index (κ1) is 22.0. The molecule has 0 spiro atoms. The lowest BCUT2D eigenvalue weighted by Crippen LogP contribution is -2.44. The quantitative estimate of drug-likeness (QED) is 0.404. The van der Waals surface area contributed by atoms with Gasteiger partial charge in [-0.1, -0.05) is 42.1 Å². The molecule has 2 aromatic heterocycles. The number of carbonyl (C=O) groups is 1. The number of benzene rings is 1. The SMILES string of the molecule is CN1CCN(c2cc(-c3ccccc3)nc(SCc3ccc(C(=O)N4CCCC4)o3)n2)CC1. The van der Waals surface area contributed by atoms with E-state index < -0.39 is 0 Å². The summed E-state index contributed by atoms with van der Waals surface area (Å²) in [4.78, 5) is 28.8. The van der Waals surface area contributed by atoms with Crippen LogP contribution in [0, 0.1) is 0 Å². The fraction of sp³-hybridized carbons (Fsp3) is 0.400. The topological polar surface area (TPSA) is 65.7 Å². The van der Waals surface area contributed by atoms with Crippen molar-refractivity contribution in [2.45, 2.75) is 23.8 Å². The summed E-state index contributed by atoms with van der Waals surface area (Å²) in [6.45, 7) is 5.58. The number of hydrogen-bond acceptors (Lipinski definition) is 7. The molecule has 0 unspecified atom stereocenters. The number of thioether (sulfide) groups is 1. The zero-order valence-electron chi connectivity index (χ0n) is 18.9. The molecule has 2 saturated heterocycles. The predicted molar refractivity (Wildman–Crippen MR) is 131 cm³/mol. The van der Waals surface area contributed by atoms with E-state index in [2.05, 4.69) is 35.0 Å². The van der Waals surface area contributed by atoms with Crippen molar-refractivity contribution >= 4 is 23.5 Å². The number of hydrogen-bond donors (Lipinski definition) is 0. The summed E-state index contributed by atoms with van der Waals surface area (Å²) in [5.74, 6) is 2.71. The number of rotatable bonds is 6. The number of anilines is 1. The monoisotopic (exact) mass is 463 g/mol. The Bertz CT molecular complexity index is 1090. The van der Waals surface area contributed by atoms with Gasteiger partial charge in [-0.25, -0.2) is 9.97 Å². The molecule has 0 atom stereocenters. The molecule has 0 N–H and O–H groups in total. The fourth-order valence-electron chi connectivity index (χ4n) is 4.21. The van der Waals surface area contributed by atoms with Crippen molar-refractivity contribution in [1.82, 2.24) is 19.8 Å². The van der Waals surface area contributed by atoms with E-state index in [1.54, 1.807) is 17.8 Å². The maximum absolute atomic E-state index is 12.6. The molecule has 4 heterocycles. The zero-order valence-corrected chi connectivity index (χ0v) is 19.8. The molecular formula is C25H29N5O2S. The van der Waals surface area contributed by atoms with Crippen molar-refractivity contribution in [3.8, 4) is 11.3 Å². The van der Waals surface area contributed by atoms with Gasteiger partial charge in [0.15, 0.2) is 10.9 Å². The molecule has 0 saturated carbocycles. The van der Waals surface area contributed by atoms with E-state index in [0.29, 0.717) is 16.7 Å². The van der Waals surface area contributed by atoms with Gasteiger partial charge in [-0.3, -0.25) is 4.79 Å². The standard InChI is InChI=1S/C25H29N5O2S/c1-28-13-15-29(16-14-28)23-17-21(19-7-3-2-4-8-19)26-25(27-23)33-18-20-9-10-22(32-20)24(31)30-11-5-6-12-30/h2-4,7-10,17H,5-6,11-16,18H2,1H3. The summed E-state index contributed by atoms with van der Waals surface area (Å²) in [7, 11) is 2.15. The Labute approximate surface area is 198 Å². The highest BCUT2D eigenvalue weighted by Gasteiger charge is 2.22. The minimum absolute atomic E-state index is 0.0107. The van der Waals surface area contributed by atoms with Gasteiger partial charge in [0, 0.05) is 50.9 Å². The minimum atomic E-state index is -0.0107. The third kappa shape index (κ3) is 5.23. The Balaban J connectivity index is 1.34. The van der Waals surface area contributed by atoms with E-state index in [0.717, 1.165) is 74.9 Å². The maximum Gasteiger partial charge on any atom is 0.289 e. The largest absolute Gasteiger partial charge is 0.455 e. The molecule has 2 fully saturated rings. The summed E-state index contributed by atoms with van der Waals surface area (Å²) >= 11 is 1.54. The summed E-state index contributed by atoms with van der Waals surface area (Å²) in [5.41, 5.74) is 2.00. The summed E-state index contributed by atoms with van der Waals surface area (Å²) in [6, 6.07) is 16.0. The molecule has 172 valence electrons. The van der Waals surface area contributed by atoms with Crippen LogP contribution in [0.15, 0.2) is 58.1 Å². The van der Waals surface area contributed by atoms with Crippen LogP contribution in [0.3, 0.4) is 0 Å². The second-order valence-electron chi connectivity index (χ2n) is 8.60. The molecule has 0 radical (unpaired) electrons. The lowest BCUT2D eigenvalue weighted by atomic mass is 10.1. The summed E-state index contributed by atoms with van der Waals surface area (Å²) in [5, 5.41) is 0.717. The molecule has 3 aromatic rings. The second-order valence-corrected chi connectivity index (χ2v) is 9.55. The number of likely N-dealkylation sites (N-methyl/N-ethyl adjacent to an activating group) is 1. The van der Waals surface area contributed by atoms with E-state index in [-0.39, 0.29) is 5.91 Å². The molecule has 2 aliphatic rings. The van der Waals surface area contributed by atoms with Gasteiger partial charge < -0.3 is 19.1 Å². The third-order valence-electron chi connectivity index (χ3n) is 6.20. The average Bonchev–Trinajstić information content (AvgIpc) is 3.56. The van der Waals surface area contributed by atoms with Crippen LogP contribution in [0.4, 0.5) is 5.82 Å². The van der Waals surface area contributed by atoms with Crippen LogP contribution >= 0.6 is 11.8 Å². The van der Waals surface area contributed by atoms with Crippen LogP contribution in [-0.2, 0) is 5.75 Å². The van der Waals surface area contributed by atoms with Gasteiger partial charge in [0.1, 0.15) is 11.6 Å². The molecule has 33 heavy (non-hydrogen) atoms. The highest BCUT2D eigenvalue weighted by atomic mass is 32.2. The Kier molecular flexibility index (Phi) is 6.64. The lowest BCUT2D eigenvalue weighted by molar-refractivity contribution is 0.0760. The van der Waals surface area contributed by atoms with Gasteiger partial charge in [-0.2, -0.15) is 0 Å². The second kappa shape index (κ2) is 9.97. The molecule has 5 rings (SSSR count). The van der Waals surface area contributed by atoms with Gasteiger partial charge in [-0.05, 0) is 32.0 Å². The average molecular weight is 464 g/mol. The van der Waals surface area contributed by atoms with Crippen molar-refractivity contribution in [1.29, 1.82) is 0 Å². The number of piperazine rings is 1. The van der Waals surface area contributed by atoms with E-state index in [1.807, 2.05) is 29.2 Å². The Morgan fingerprint density at radius 3 is 2.48 bits per heavy atom. The fourth-order valence-corrected chi connectivity index (χ4v) is 4.96. The first-order chi connectivity index (χ1) is 16.2. The molecule has 2 aliphatic heterocycles. The normalized spacial score (nSPS) is 17.0. The first-order valence-electron chi connectivity index (χ1n) is 11.5. The van der Waals surface area contributed by atoms with Gasteiger partial charge in [0.05, 0.1) is 11.4 Å². The molecule has 1 aromatic carbocycles. The van der Waals surface area contributed by atoms with Gasteiger partial charge in [0.2, 0.25) is 0 Å². The molecule has 1 amide bonds. The van der Waals surface area contributed by atoms with Crippen LogP contribution in [-0.4, -0.2) is 72.0 Å². The zero-order chi connectivity index (χ0) is 22.6. The highest BCUT2D eigenvalue weighted by molar-refractivity contribution is 7.98. The van der Waals surface area contributed by atoms with Crippen LogP contribution in [0.1, 0.15) is 29.2 Å². The molecule has 0 bridgehead atoms. The van der Waals surface area contributed by atoms with E-state index in [1.165, 1.54) is 0 Å². The Morgan fingerprint density at radius 2 is 1.73 bits per heavy atom. The van der Waals surface area contributed by atoms with Crippen molar-refractivity contribution < 1.29 is 9.21 Å². The Hall–Kier alpha value is -2.84. The number of nitrogens with zero attached hydrogens (tertiary/aromatic N) is 5.